The highest BCUT2D eigenvalue weighted by molar-refractivity contribution is 9.10. The zero-order valence-electron chi connectivity index (χ0n) is 13.2. The maximum atomic E-state index is 13.4. The van der Waals surface area contributed by atoms with Gasteiger partial charge in [-0.15, -0.1) is 0 Å². The van der Waals surface area contributed by atoms with Crippen molar-refractivity contribution in [2.24, 2.45) is 0 Å². The smallest absolute Gasteiger partial charge is 0.399 e. The Kier molecular flexibility index (Phi) is 6.15. The van der Waals surface area contributed by atoms with Crippen LogP contribution >= 0.6 is 46.9 Å². The van der Waals surface area contributed by atoms with Gasteiger partial charge < -0.3 is 9.05 Å². The largest absolute Gasteiger partial charge is 0.541 e. The van der Waals surface area contributed by atoms with E-state index >= 15 is 0 Å². The summed E-state index contributed by atoms with van der Waals surface area (Å²) >= 11 is 15.6. The van der Waals surface area contributed by atoms with Gasteiger partial charge in [0.05, 0.1) is 10.0 Å². The molecule has 0 saturated carbocycles. The van der Waals surface area contributed by atoms with Crippen LogP contribution < -0.4 is 14.1 Å². The summed E-state index contributed by atoms with van der Waals surface area (Å²) in [6, 6.07) is 20.5. The summed E-state index contributed by atoms with van der Waals surface area (Å²) in [7, 11) is -3.89. The van der Waals surface area contributed by atoms with Gasteiger partial charge in [0.15, 0.2) is 11.5 Å². The fraction of sp³-hybridized carbons (Fsp3) is 0. The quantitative estimate of drug-likeness (QED) is 0.379. The molecule has 0 unspecified atom stereocenters. The Hall–Kier alpha value is -1.65. The van der Waals surface area contributed by atoms with Crippen molar-refractivity contribution < 1.29 is 13.6 Å². The first-order chi connectivity index (χ1) is 12.5. The molecular formula is C18H13BrCl2NO3P. The Labute approximate surface area is 169 Å². The SMILES string of the molecule is O=P(Nc1ccc(Br)cc1)(Oc1ccccc1Cl)Oc1ccccc1Cl. The van der Waals surface area contributed by atoms with Crippen molar-refractivity contribution in [2.75, 3.05) is 5.09 Å². The molecular weight excluding hydrogens is 460 g/mol. The number of hydrogen-bond acceptors (Lipinski definition) is 3. The Balaban J connectivity index is 1.94. The van der Waals surface area contributed by atoms with Gasteiger partial charge in [0.1, 0.15) is 0 Å². The first-order valence-corrected chi connectivity index (χ1v) is 10.6. The first-order valence-electron chi connectivity index (χ1n) is 7.47. The van der Waals surface area contributed by atoms with Crippen LogP contribution in [0.15, 0.2) is 77.3 Å². The molecule has 3 aromatic carbocycles. The van der Waals surface area contributed by atoms with E-state index in [0.29, 0.717) is 15.7 Å². The number of benzene rings is 3. The van der Waals surface area contributed by atoms with Crippen LogP contribution in [0.25, 0.3) is 0 Å². The molecule has 1 N–H and O–H groups in total. The average Bonchev–Trinajstić information content (AvgIpc) is 2.61. The zero-order valence-corrected chi connectivity index (χ0v) is 17.2. The lowest BCUT2D eigenvalue weighted by molar-refractivity contribution is 0.393. The van der Waals surface area contributed by atoms with Crippen molar-refractivity contribution in [3.05, 3.63) is 87.3 Å². The molecule has 0 aliphatic heterocycles. The average molecular weight is 473 g/mol. The fourth-order valence-corrected chi connectivity index (χ4v) is 4.19. The number of hydrogen-bond donors (Lipinski definition) is 1. The summed E-state index contributed by atoms with van der Waals surface area (Å²) < 4.78 is 25.6. The van der Waals surface area contributed by atoms with E-state index in [0.717, 1.165) is 4.47 Å². The van der Waals surface area contributed by atoms with Crippen LogP contribution in [0, 0.1) is 0 Å². The van der Waals surface area contributed by atoms with E-state index < -0.39 is 7.75 Å². The highest BCUT2D eigenvalue weighted by Crippen LogP contribution is 2.50. The molecule has 0 aromatic heterocycles. The van der Waals surface area contributed by atoms with Crippen molar-refractivity contribution in [1.29, 1.82) is 0 Å². The molecule has 8 heteroatoms. The van der Waals surface area contributed by atoms with E-state index in [1.165, 1.54) is 0 Å². The van der Waals surface area contributed by atoms with Crippen LogP contribution in [0.2, 0.25) is 10.0 Å². The molecule has 26 heavy (non-hydrogen) atoms. The predicted octanol–water partition coefficient (Wildman–Crippen LogP) is 7.43. The maximum absolute atomic E-state index is 13.4. The third-order valence-electron chi connectivity index (χ3n) is 3.22. The van der Waals surface area contributed by atoms with E-state index in [1.54, 1.807) is 72.8 Å². The number of rotatable bonds is 6. The molecule has 3 aromatic rings. The Morgan fingerprint density at radius 3 is 1.69 bits per heavy atom. The van der Waals surface area contributed by atoms with Crippen LogP contribution in [-0.4, -0.2) is 0 Å². The molecule has 4 nitrogen and oxygen atoms in total. The van der Waals surface area contributed by atoms with E-state index in [4.69, 9.17) is 32.2 Å². The van der Waals surface area contributed by atoms with Crippen LogP contribution in [0.3, 0.4) is 0 Å². The van der Waals surface area contributed by atoms with Crippen molar-refractivity contribution >= 4 is 52.6 Å². The lowest BCUT2D eigenvalue weighted by atomic mass is 10.3. The molecule has 0 aliphatic carbocycles. The zero-order chi connectivity index (χ0) is 18.6. The minimum atomic E-state index is -3.89. The van der Waals surface area contributed by atoms with Gasteiger partial charge >= 0.3 is 7.75 Å². The van der Waals surface area contributed by atoms with E-state index in [1.807, 2.05) is 0 Å². The van der Waals surface area contributed by atoms with Gasteiger partial charge in [-0.05, 0) is 48.5 Å². The molecule has 0 atom stereocenters. The summed E-state index contributed by atoms with van der Waals surface area (Å²) in [6.07, 6.45) is 0. The molecule has 0 spiro atoms. The number of nitrogens with one attached hydrogen (secondary N) is 1. The topological polar surface area (TPSA) is 47.6 Å². The van der Waals surface area contributed by atoms with Crippen molar-refractivity contribution in [1.82, 2.24) is 0 Å². The Bertz CT molecular complexity index is 902. The minimum Gasteiger partial charge on any atom is -0.399 e. The number of anilines is 1. The third kappa shape index (κ3) is 4.95. The molecule has 0 saturated heterocycles. The third-order valence-corrected chi connectivity index (χ3v) is 5.78. The highest BCUT2D eigenvalue weighted by atomic mass is 79.9. The monoisotopic (exact) mass is 471 g/mol. The van der Waals surface area contributed by atoms with Gasteiger partial charge in [0.25, 0.3) is 0 Å². The molecule has 0 fully saturated rings. The van der Waals surface area contributed by atoms with Crippen LogP contribution in [0.1, 0.15) is 0 Å². The molecule has 0 heterocycles. The first kappa shape index (κ1) is 19.1. The minimum absolute atomic E-state index is 0.231. The van der Waals surface area contributed by atoms with Gasteiger partial charge in [-0.3, -0.25) is 5.09 Å². The van der Waals surface area contributed by atoms with Gasteiger partial charge in [0, 0.05) is 10.2 Å². The van der Waals surface area contributed by atoms with Crippen LogP contribution in [-0.2, 0) is 4.57 Å². The second kappa shape index (κ2) is 8.36. The summed E-state index contributed by atoms with van der Waals surface area (Å²) in [4.78, 5) is 0. The van der Waals surface area contributed by atoms with Crippen molar-refractivity contribution in [2.45, 2.75) is 0 Å². The van der Waals surface area contributed by atoms with Crippen molar-refractivity contribution in [3.63, 3.8) is 0 Å². The van der Waals surface area contributed by atoms with E-state index in [2.05, 4.69) is 21.0 Å². The van der Waals surface area contributed by atoms with Crippen molar-refractivity contribution in [3.8, 4) is 11.5 Å². The van der Waals surface area contributed by atoms with Gasteiger partial charge in [-0.2, -0.15) is 0 Å². The summed E-state index contributed by atoms with van der Waals surface area (Å²) in [6.45, 7) is 0. The summed E-state index contributed by atoms with van der Waals surface area (Å²) in [5.74, 6) is 0.461. The molecule has 134 valence electrons. The Morgan fingerprint density at radius 1 is 0.769 bits per heavy atom. The molecule has 0 bridgehead atoms. The summed E-state index contributed by atoms with van der Waals surface area (Å²) in [5.41, 5.74) is 0.552. The second-order valence-electron chi connectivity index (χ2n) is 5.16. The van der Waals surface area contributed by atoms with Gasteiger partial charge in [-0.25, -0.2) is 4.57 Å². The molecule has 0 radical (unpaired) electrons. The van der Waals surface area contributed by atoms with Crippen LogP contribution in [0.5, 0.6) is 11.5 Å². The predicted molar refractivity (Wildman–Crippen MR) is 110 cm³/mol. The lowest BCUT2D eigenvalue weighted by Gasteiger charge is -2.22. The standard InChI is InChI=1S/C18H13BrCl2NO3P/c19-13-9-11-14(12-10-13)22-26(23,24-17-7-3-1-5-15(17)20)25-18-8-4-2-6-16(18)21/h1-12H,(H,22,23). The van der Waals surface area contributed by atoms with E-state index in [-0.39, 0.29) is 11.5 Å². The van der Waals surface area contributed by atoms with Gasteiger partial charge in [-0.1, -0.05) is 63.4 Å². The maximum Gasteiger partial charge on any atom is 0.541 e. The normalized spacial score (nSPS) is 11.0. The Morgan fingerprint density at radius 2 is 1.23 bits per heavy atom. The fourth-order valence-electron chi connectivity index (χ4n) is 2.04. The van der Waals surface area contributed by atoms with Crippen LogP contribution in [0.4, 0.5) is 5.69 Å². The lowest BCUT2D eigenvalue weighted by Crippen LogP contribution is -2.10. The number of para-hydroxylation sites is 2. The molecule has 0 amide bonds. The van der Waals surface area contributed by atoms with Gasteiger partial charge in [0.2, 0.25) is 0 Å². The number of halogens is 3. The molecule has 0 aliphatic rings. The van der Waals surface area contributed by atoms with E-state index in [9.17, 15) is 4.57 Å². The molecule has 3 rings (SSSR count). The second-order valence-corrected chi connectivity index (χ2v) is 8.47. The highest BCUT2D eigenvalue weighted by Gasteiger charge is 2.30. The summed E-state index contributed by atoms with van der Waals surface area (Å²) in [5, 5.41) is 3.43.